The Morgan fingerprint density at radius 2 is 2.07 bits per heavy atom. The molecule has 0 heterocycles. The van der Waals surface area contributed by atoms with Crippen molar-refractivity contribution in [3.05, 3.63) is 28.3 Å². The van der Waals surface area contributed by atoms with Crippen LogP contribution >= 0.6 is 10.7 Å². The minimum atomic E-state index is -4.06. The molecule has 15 heavy (non-hydrogen) atoms. The van der Waals surface area contributed by atoms with E-state index in [2.05, 4.69) is 4.74 Å². The summed E-state index contributed by atoms with van der Waals surface area (Å²) in [6, 6.07) is 3.48. The molecule has 0 aliphatic rings. The Kier molecular flexibility index (Phi) is 3.15. The van der Waals surface area contributed by atoms with Crippen LogP contribution in [0.1, 0.15) is 0 Å². The van der Waals surface area contributed by atoms with Crippen molar-refractivity contribution in [2.45, 2.75) is 4.90 Å². The van der Waals surface area contributed by atoms with Gasteiger partial charge in [0.2, 0.25) is 5.75 Å². The summed E-state index contributed by atoms with van der Waals surface area (Å²) in [6.45, 7) is 0. The maximum absolute atomic E-state index is 11.1. The van der Waals surface area contributed by atoms with Crippen molar-refractivity contribution < 1.29 is 18.1 Å². The molecule has 0 saturated carbocycles. The van der Waals surface area contributed by atoms with Gasteiger partial charge in [-0.3, -0.25) is 10.1 Å². The lowest BCUT2D eigenvalue weighted by atomic mass is 10.3. The fourth-order valence-corrected chi connectivity index (χ4v) is 2.06. The van der Waals surface area contributed by atoms with E-state index in [9.17, 15) is 18.5 Å². The van der Waals surface area contributed by atoms with Gasteiger partial charge in [-0.2, -0.15) is 0 Å². The lowest BCUT2D eigenvalue weighted by molar-refractivity contribution is -0.386. The highest BCUT2D eigenvalue weighted by atomic mass is 35.7. The van der Waals surface area contributed by atoms with E-state index in [1.807, 2.05) is 0 Å². The van der Waals surface area contributed by atoms with Gasteiger partial charge in [-0.25, -0.2) is 8.42 Å². The summed E-state index contributed by atoms with van der Waals surface area (Å²) < 4.78 is 26.8. The lowest BCUT2D eigenvalue weighted by Crippen LogP contribution is -2.00. The summed E-state index contributed by atoms with van der Waals surface area (Å²) >= 11 is 0. The van der Waals surface area contributed by atoms with Gasteiger partial charge in [0.05, 0.1) is 12.0 Å². The van der Waals surface area contributed by atoms with E-state index >= 15 is 0 Å². The maximum atomic E-state index is 11.1. The van der Waals surface area contributed by atoms with Crippen molar-refractivity contribution in [3.63, 3.8) is 0 Å². The summed E-state index contributed by atoms with van der Waals surface area (Å²) in [7, 11) is 2.16. The molecule has 0 fully saturated rings. The van der Waals surface area contributed by atoms with E-state index < -0.39 is 24.6 Å². The van der Waals surface area contributed by atoms with Crippen molar-refractivity contribution in [2.75, 3.05) is 7.11 Å². The van der Waals surface area contributed by atoms with Crippen LogP contribution < -0.4 is 4.74 Å². The zero-order chi connectivity index (χ0) is 11.6. The van der Waals surface area contributed by atoms with Gasteiger partial charge in [0, 0.05) is 16.7 Å². The second-order valence-electron chi connectivity index (χ2n) is 2.50. The Morgan fingerprint density at radius 1 is 1.47 bits per heavy atom. The number of nitrogens with zero attached hydrogens (tertiary/aromatic N) is 1. The second-order valence-corrected chi connectivity index (χ2v) is 5.04. The van der Waals surface area contributed by atoms with Crippen molar-refractivity contribution in [2.24, 2.45) is 0 Å². The SMILES string of the molecule is COc1c([N+](=O)[O-])cccc1S(=O)(=O)Cl. The maximum Gasteiger partial charge on any atom is 0.312 e. The summed E-state index contributed by atoms with van der Waals surface area (Å²) in [5.41, 5.74) is -0.445. The number of hydrogen-bond donors (Lipinski definition) is 0. The predicted molar refractivity (Wildman–Crippen MR) is 52.7 cm³/mol. The first-order valence-corrected chi connectivity index (χ1v) is 5.95. The van der Waals surface area contributed by atoms with Crippen LogP contribution in [0.4, 0.5) is 5.69 Å². The Balaban J connectivity index is 3.56. The number of para-hydroxylation sites is 1. The third kappa shape index (κ3) is 2.37. The molecule has 0 amide bonds. The third-order valence-corrected chi connectivity index (χ3v) is 2.97. The third-order valence-electron chi connectivity index (χ3n) is 1.62. The van der Waals surface area contributed by atoms with Crippen LogP contribution in [-0.4, -0.2) is 20.5 Å². The van der Waals surface area contributed by atoms with Gasteiger partial charge in [0.15, 0.2) is 0 Å². The topological polar surface area (TPSA) is 86.5 Å². The minimum Gasteiger partial charge on any atom is -0.489 e. The van der Waals surface area contributed by atoms with Crippen LogP contribution in [0.2, 0.25) is 0 Å². The Bertz CT molecular complexity index is 498. The molecule has 0 aromatic heterocycles. The van der Waals surface area contributed by atoms with Crippen molar-refractivity contribution in [1.82, 2.24) is 0 Å². The van der Waals surface area contributed by atoms with Gasteiger partial charge in [-0.1, -0.05) is 6.07 Å². The van der Waals surface area contributed by atoms with E-state index in [4.69, 9.17) is 10.7 Å². The summed E-state index contributed by atoms with van der Waals surface area (Å²) in [5, 5.41) is 10.5. The molecule has 0 aliphatic carbocycles. The first-order chi connectivity index (χ1) is 6.88. The summed E-state index contributed by atoms with van der Waals surface area (Å²) in [5.74, 6) is -0.363. The van der Waals surface area contributed by atoms with Crippen LogP contribution in [-0.2, 0) is 9.05 Å². The molecule has 6 nitrogen and oxygen atoms in total. The van der Waals surface area contributed by atoms with Gasteiger partial charge >= 0.3 is 5.69 Å². The molecule has 0 N–H and O–H groups in total. The molecule has 1 aromatic carbocycles. The zero-order valence-electron chi connectivity index (χ0n) is 7.51. The fraction of sp³-hybridized carbons (Fsp3) is 0.143. The number of rotatable bonds is 3. The molecule has 1 rings (SSSR count). The number of nitro groups is 1. The smallest absolute Gasteiger partial charge is 0.312 e. The number of methoxy groups -OCH3 is 1. The van der Waals surface area contributed by atoms with Crippen molar-refractivity contribution in [1.29, 1.82) is 0 Å². The van der Waals surface area contributed by atoms with Crippen LogP contribution in [0.25, 0.3) is 0 Å². The zero-order valence-corrected chi connectivity index (χ0v) is 9.08. The van der Waals surface area contributed by atoms with E-state index in [0.29, 0.717) is 0 Å². The highest BCUT2D eigenvalue weighted by Crippen LogP contribution is 2.35. The van der Waals surface area contributed by atoms with Gasteiger partial charge in [0.25, 0.3) is 9.05 Å². The molecular formula is C7H6ClNO5S. The van der Waals surface area contributed by atoms with Crippen LogP contribution in [0.3, 0.4) is 0 Å². The molecule has 0 unspecified atom stereocenters. The van der Waals surface area contributed by atoms with Gasteiger partial charge in [-0.05, 0) is 6.07 Å². The van der Waals surface area contributed by atoms with Gasteiger partial charge in [-0.15, -0.1) is 0 Å². The summed E-state index contributed by atoms with van der Waals surface area (Å²) in [4.78, 5) is 9.39. The van der Waals surface area contributed by atoms with Crippen LogP contribution in [0, 0.1) is 10.1 Å². The highest BCUT2D eigenvalue weighted by molar-refractivity contribution is 8.13. The monoisotopic (exact) mass is 251 g/mol. The first-order valence-electron chi connectivity index (χ1n) is 3.64. The second kappa shape index (κ2) is 4.03. The average molecular weight is 252 g/mol. The number of halogens is 1. The van der Waals surface area contributed by atoms with E-state index in [0.717, 1.165) is 19.2 Å². The molecule has 0 aliphatic heterocycles. The molecule has 0 saturated heterocycles. The molecule has 0 radical (unpaired) electrons. The molecule has 8 heteroatoms. The Labute approximate surface area is 90.0 Å². The number of hydrogen-bond acceptors (Lipinski definition) is 5. The molecule has 0 bridgehead atoms. The van der Waals surface area contributed by atoms with Gasteiger partial charge in [0.1, 0.15) is 4.90 Å². The van der Waals surface area contributed by atoms with Crippen molar-refractivity contribution >= 4 is 25.4 Å². The van der Waals surface area contributed by atoms with E-state index in [-0.39, 0.29) is 5.75 Å². The molecule has 0 atom stereocenters. The molecule has 1 aromatic rings. The Hall–Kier alpha value is -1.34. The average Bonchev–Trinajstić information content (AvgIpc) is 2.15. The van der Waals surface area contributed by atoms with Crippen LogP contribution in [0.5, 0.6) is 5.75 Å². The molecule has 82 valence electrons. The first kappa shape index (κ1) is 11.7. The quantitative estimate of drug-likeness (QED) is 0.462. The lowest BCUT2D eigenvalue weighted by Gasteiger charge is -2.05. The highest BCUT2D eigenvalue weighted by Gasteiger charge is 2.25. The molecule has 0 spiro atoms. The largest absolute Gasteiger partial charge is 0.489 e. The predicted octanol–water partition coefficient (Wildman–Crippen LogP) is 1.53. The van der Waals surface area contributed by atoms with Crippen LogP contribution in [0.15, 0.2) is 23.1 Å². The number of nitro benzene ring substituents is 1. The number of benzene rings is 1. The summed E-state index contributed by atoms with van der Waals surface area (Å²) in [6.07, 6.45) is 0. The number of ether oxygens (including phenoxy) is 1. The molecular weight excluding hydrogens is 246 g/mol. The standard InChI is InChI=1S/C7H6ClNO5S/c1-14-7-5(9(10)11)3-2-4-6(7)15(8,12)13/h2-4H,1H3. The normalized spacial score (nSPS) is 11.1. The fourth-order valence-electron chi connectivity index (χ4n) is 1.05. The minimum absolute atomic E-state index is 0.363. The van der Waals surface area contributed by atoms with E-state index in [1.54, 1.807) is 0 Å². The Morgan fingerprint density at radius 3 is 2.47 bits per heavy atom. The van der Waals surface area contributed by atoms with Gasteiger partial charge < -0.3 is 4.74 Å². The van der Waals surface area contributed by atoms with Crippen molar-refractivity contribution in [3.8, 4) is 5.75 Å². The van der Waals surface area contributed by atoms with E-state index in [1.165, 1.54) is 6.07 Å².